The van der Waals surface area contributed by atoms with E-state index in [2.05, 4.69) is 25.6 Å². The number of halogens is 1. The average Bonchev–Trinajstić information content (AvgIpc) is 2.76. The first-order valence-electron chi connectivity index (χ1n) is 4.76. The molecule has 0 bridgehead atoms. The summed E-state index contributed by atoms with van der Waals surface area (Å²) in [4.78, 5) is 22.4. The molecule has 0 unspecified atom stereocenters. The minimum atomic E-state index is -1.04. The monoisotopic (exact) mass is 239 g/mol. The molecule has 0 saturated carbocycles. The van der Waals surface area contributed by atoms with Gasteiger partial charge in [-0.25, -0.2) is 9.97 Å². The highest BCUT2D eigenvalue weighted by Crippen LogP contribution is 2.11. The molecule has 9 heteroatoms. The fourth-order valence-corrected chi connectivity index (χ4v) is 1.26. The van der Waals surface area contributed by atoms with E-state index in [0.717, 1.165) is 0 Å². The molecule has 1 amide bonds. The topological polar surface area (TPSA) is 131 Å². The van der Waals surface area contributed by atoms with E-state index in [0.29, 0.717) is 19.0 Å². The summed E-state index contributed by atoms with van der Waals surface area (Å²) >= 11 is 0. The molecule has 0 fully saturated rings. The number of aliphatic imine (C=N–C) groups is 1. The molecule has 90 valence electrons. The highest BCUT2D eigenvalue weighted by Gasteiger charge is 2.18. The van der Waals surface area contributed by atoms with Gasteiger partial charge in [0.25, 0.3) is 11.9 Å². The lowest BCUT2D eigenvalue weighted by molar-refractivity contribution is 0.0971. The summed E-state index contributed by atoms with van der Waals surface area (Å²) in [5.41, 5.74) is 10.3. The first kappa shape index (κ1) is 11.0. The van der Waals surface area contributed by atoms with Gasteiger partial charge in [0.05, 0.1) is 6.54 Å². The Morgan fingerprint density at radius 2 is 2.12 bits per heavy atom. The Morgan fingerprint density at radius 1 is 1.35 bits per heavy atom. The Labute approximate surface area is 95.3 Å². The summed E-state index contributed by atoms with van der Waals surface area (Å²) in [7, 11) is 0. The lowest BCUT2D eigenvalue weighted by atomic mass is 10.4. The average molecular weight is 239 g/mol. The van der Waals surface area contributed by atoms with Crippen LogP contribution in [0.25, 0.3) is 0 Å². The van der Waals surface area contributed by atoms with Gasteiger partial charge in [-0.3, -0.25) is 15.1 Å². The molecule has 1 aromatic rings. The van der Waals surface area contributed by atoms with Crippen molar-refractivity contribution in [2.45, 2.75) is 0 Å². The Bertz CT molecular complexity index is 501. The van der Waals surface area contributed by atoms with Gasteiger partial charge in [0.15, 0.2) is 23.3 Å². The highest BCUT2D eigenvalue weighted by molar-refractivity contribution is 6.07. The number of carbonyl (C=O) groups is 1. The van der Waals surface area contributed by atoms with E-state index in [1.54, 1.807) is 0 Å². The predicted molar refractivity (Wildman–Crippen MR) is 58.6 cm³/mol. The maximum Gasteiger partial charge on any atom is 0.280 e. The van der Waals surface area contributed by atoms with Crippen LogP contribution in [0.3, 0.4) is 0 Å². The van der Waals surface area contributed by atoms with E-state index in [-0.39, 0.29) is 11.5 Å². The third-order valence-corrected chi connectivity index (χ3v) is 2.03. The SMILES string of the molecule is Nc1nc(N)c(C(=O)NC2=NCCN2)nc1F. The minimum Gasteiger partial charge on any atom is -0.382 e. The fraction of sp³-hybridized carbons (Fsp3) is 0.250. The van der Waals surface area contributed by atoms with E-state index < -0.39 is 17.7 Å². The van der Waals surface area contributed by atoms with Gasteiger partial charge in [-0.2, -0.15) is 4.39 Å². The molecule has 2 rings (SSSR count). The van der Waals surface area contributed by atoms with Crippen LogP contribution in [0.15, 0.2) is 4.99 Å². The fourth-order valence-electron chi connectivity index (χ4n) is 1.26. The van der Waals surface area contributed by atoms with Crippen molar-refractivity contribution in [1.29, 1.82) is 0 Å². The van der Waals surface area contributed by atoms with Crippen molar-refractivity contribution < 1.29 is 9.18 Å². The molecule has 0 atom stereocenters. The van der Waals surface area contributed by atoms with Crippen LogP contribution in [0.5, 0.6) is 0 Å². The van der Waals surface area contributed by atoms with Crippen LogP contribution in [0, 0.1) is 5.95 Å². The number of guanidine groups is 1. The normalized spacial score (nSPS) is 14.1. The van der Waals surface area contributed by atoms with E-state index in [1.807, 2.05) is 0 Å². The van der Waals surface area contributed by atoms with Crippen LogP contribution >= 0.6 is 0 Å². The number of anilines is 2. The largest absolute Gasteiger partial charge is 0.382 e. The minimum absolute atomic E-state index is 0.236. The number of nitrogens with two attached hydrogens (primary N) is 2. The van der Waals surface area contributed by atoms with E-state index in [1.165, 1.54) is 0 Å². The Balaban J connectivity index is 2.21. The predicted octanol–water partition coefficient (Wildman–Crippen LogP) is -1.53. The smallest absolute Gasteiger partial charge is 0.280 e. The first-order valence-corrected chi connectivity index (χ1v) is 4.76. The van der Waals surface area contributed by atoms with Crippen LogP contribution in [0.2, 0.25) is 0 Å². The molecule has 8 nitrogen and oxygen atoms in total. The van der Waals surface area contributed by atoms with Gasteiger partial charge in [0.1, 0.15) is 0 Å². The van der Waals surface area contributed by atoms with Gasteiger partial charge in [0, 0.05) is 6.54 Å². The van der Waals surface area contributed by atoms with Crippen molar-refractivity contribution in [3.8, 4) is 0 Å². The van der Waals surface area contributed by atoms with Gasteiger partial charge in [0.2, 0.25) is 0 Å². The van der Waals surface area contributed by atoms with Crippen LogP contribution in [-0.4, -0.2) is 34.9 Å². The second-order valence-corrected chi connectivity index (χ2v) is 3.24. The van der Waals surface area contributed by atoms with Gasteiger partial charge >= 0.3 is 0 Å². The molecule has 0 radical (unpaired) electrons. The first-order chi connectivity index (χ1) is 8.08. The molecule has 1 aromatic heterocycles. The highest BCUT2D eigenvalue weighted by atomic mass is 19.1. The van der Waals surface area contributed by atoms with Gasteiger partial charge < -0.3 is 16.8 Å². The summed E-state index contributed by atoms with van der Waals surface area (Å²) in [5.74, 6) is -2.11. The Hall–Kier alpha value is -2.45. The zero-order valence-corrected chi connectivity index (χ0v) is 8.70. The molecule has 0 spiro atoms. The third kappa shape index (κ3) is 2.22. The lowest BCUT2D eigenvalue weighted by Crippen LogP contribution is -2.39. The lowest BCUT2D eigenvalue weighted by Gasteiger charge is -2.07. The van der Waals surface area contributed by atoms with Crippen LogP contribution in [0.1, 0.15) is 10.5 Å². The second-order valence-electron chi connectivity index (χ2n) is 3.24. The third-order valence-electron chi connectivity index (χ3n) is 2.03. The molecule has 0 aromatic carbocycles. The molecule has 0 aliphatic carbocycles. The van der Waals surface area contributed by atoms with Gasteiger partial charge in [-0.15, -0.1) is 0 Å². The number of aromatic nitrogens is 2. The molecule has 1 aliphatic heterocycles. The zero-order valence-electron chi connectivity index (χ0n) is 8.70. The van der Waals surface area contributed by atoms with Crippen molar-refractivity contribution >= 4 is 23.5 Å². The zero-order chi connectivity index (χ0) is 12.4. The standard InChI is InChI=1S/C8H10FN7O/c9-4-6(11)15-5(10)3(14-4)7(17)16-8-12-1-2-13-8/h1-2H2,(H4,10,11,15)(H2,12,13,16,17). The van der Waals surface area contributed by atoms with Crippen molar-refractivity contribution in [1.82, 2.24) is 20.6 Å². The molecule has 0 saturated heterocycles. The molecule has 1 aliphatic rings. The maximum atomic E-state index is 13.1. The summed E-state index contributed by atoms with van der Waals surface area (Å²) < 4.78 is 13.1. The maximum absolute atomic E-state index is 13.1. The number of nitrogens with zero attached hydrogens (tertiary/aromatic N) is 3. The number of rotatable bonds is 1. The molecule has 6 N–H and O–H groups in total. The van der Waals surface area contributed by atoms with Crippen molar-refractivity contribution in [3.05, 3.63) is 11.6 Å². The van der Waals surface area contributed by atoms with E-state index in [9.17, 15) is 9.18 Å². The molecule has 17 heavy (non-hydrogen) atoms. The van der Waals surface area contributed by atoms with Gasteiger partial charge in [-0.1, -0.05) is 0 Å². The number of hydrogen-bond acceptors (Lipinski definition) is 7. The van der Waals surface area contributed by atoms with Crippen molar-refractivity contribution in [2.75, 3.05) is 24.6 Å². The van der Waals surface area contributed by atoms with E-state index >= 15 is 0 Å². The Morgan fingerprint density at radius 3 is 2.76 bits per heavy atom. The molecule has 2 heterocycles. The van der Waals surface area contributed by atoms with Crippen molar-refractivity contribution in [2.24, 2.45) is 4.99 Å². The summed E-state index contributed by atoms with van der Waals surface area (Å²) in [6.45, 7) is 1.19. The number of nitrogen functional groups attached to an aromatic ring is 2. The van der Waals surface area contributed by atoms with Crippen LogP contribution in [-0.2, 0) is 0 Å². The van der Waals surface area contributed by atoms with Crippen molar-refractivity contribution in [3.63, 3.8) is 0 Å². The second kappa shape index (κ2) is 4.20. The molecular formula is C8H10FN7O. The molecular weight excluding hydrogens is 229 g/mol. The van der Waals surface area contributed by atoms with Crippen LogP contribution in [0.4, 0.5) is 16.0 Å². The van der Waals surface area contributed by atoms with Gasteiger partial charge in [-0.05, 0) is 0 Å². The number of hydrogen-bond donors (Lipinski definition) is 4. The quantitative estimate of drug-likeness (QED) is 0.470. The summed E-state index contributed by atoms with van der Waals surface area (Å²) in [5, 5.41) is 5.21. The van der Waals surface area contributed by atoms with E-state index in [4.69, 9.17) is 11.5 Å². The number of nitrogens with one attached hydrogen (secondary N) is 2. The van der Waals surface area contributed by atoms with Crippen LogP contribution < -0.4 is 22.1 Å². The summed E-state index contributed by atoms with van der Waals surface area (Å²) in [6, 6.07) is 0. The number of carbonyl (C=O) groups excluding carboxylic acids is 1. The Kier molecular flexibility index (Phi) is 2.73. The number of amides is 1. The summed E-state index contributed by atoms with van der Waals surface area (Å²) in [6.07, 6.45) is 0.